The fraction of sp³-hybridized carbons (Fsp3) is 0.520. The molecule has 2 rings (SSSR count). The predicted octanol–water partition coefficient (Wildman–Crippen LogP) is 6.74. The Morgan fingerprint density at radius 1 is 0.875 bits per heavy atom. The van der Waals surface area contributed by atoms with Crippen molar-refractivity contribution < 1.29 is 19.3 Å². The Kier molecular flexibility index (Phi) is 10.4. The lowest BCUT2D eigenvalue weighted by molar-refractivity contribution is 0.0427. The van der Waals surface area contributed by atoms with E-state index in [9.17, 15) is 5.11 Å². The van der Waals surface area contributed by atoms with Crippen LogP contribution in [0, 0.1) is 5.92 Å². The van der Waals surface area contributed by atoms with Crippen molar-refractivity contribution >= 4 is 34.8 Å². The van der Waals surface area contributed by atoms with Crippen LogP contribution in [0.1, 0.15) is 45.7 Å². The molecule has 0 unspecified atom stereocenters. The van der Waals surface area contributed by atoms with Crippen LogP contribution in [-0.4, -0.2) is 43.0 Å². The zero-order chi connectivity index (χ0) is 23.9. The lowest BCUT2D eigenvalue weighted by Gasteiger charge is -2.27. The summed E-state index contributed by atoms with van der Waals surface area (Å²) in [7, 11) is 0. The fourth-order valence-electron chi connectivity index (χ4n) is 3.06. The average molecular weight is 504 g/mol. The SMILES string of the molecule is CC(C)OC[C@@H](C)COc1ccc(C(C)(C)c2cc(Cl)c(OC[C@H](O)CCl)c(Cl)c2)cc1. The number of alkyl halides is 1. The number of benzene rings is 2. The number of aliphatic hydroxyl groups is 1. The first-order valence-electron chi connectivity index (χ1n) is 10.8. The van der Waals surface area contributed by atoms with Crippen LogP contribution >= 0.6 is 34.8 Å². The third kappa shape index (κ3) is 7.71. The fourth-order valence-corrected chi connectivity index (χ4v) is 3.75. The van der Waals surface area contributed by atoms with Gasteiger partial charge in [-0.2, -0.15) is 0 Å². The van der Waals surface area contributed by atoms with Gasteiger partial charge in [0, 0.05) is 11.3 Å². The standard InChI is InChI=1S/C25H33Cl3O4/c1-16(2)30-13-17(3)14-31-21-8-6-18(7-9-21)25(4,5)19-10-22(27)24(23(28)11-19)32-15-20(29)12-26/h6-11,16-17,20,29H,12-15H2,1-5H3/t17-,20-/m1/s1. The molecule has 0 radical (unpaired) electrons. The highest BCUT2D eigenvalue weighted by molar-refractivity contribution is 6.37. The Morgan fingerprint density at radius 3 is 2.00 bits per heavy atom. The van der Waals surface area contributed by atoms with Crippen LogP contribution in [0.4, 0.5) is 0 Å². The Bertz CT molecular complexity index is 830. The second-order valence-electron chi connectivity index (χ2n) is 8.84. The van der Waals surface area contributed by atoms with Gasteiger partial charge >= 0.3 is 0 Å². The summed E-state index contributed by atoms with van der Waals surface area (Å²) in [5.74, 6) is 1.55. The molecule has 0 aromatic heterocycles. The molecular formula is C25H33Cl3O4. The van der Waals surface area contributed by atoms with Crippen molar-refractivity contribution in [1.29, 1.82) is 0 Å². The minimum atomic E-state index is -0.786. The number of hydrogen-bond donors (Lipinski definition) is 1. The molecule has 0 saturated carbocycles. The lowest BCUT2D eigenvalue weighted by atomic mass is 9.78. The van der Waals surface area contributed by atoms with Gasteiger partial charge in [0.2, 0.25) is 0 Å². The Labute approximate surface area is 206 Å². The van der Waals surface area contributed by atoms with Gasteiger partial charge < -0.3 is 19.3 Å². The van der Waals surface area contributed by atoms with Crippen molar-refractivity contribution in [1.82, 2.24) is 0 Å². The van der Waals surface area contributed by atoms with E-state index in [4.69, 9.17) is 49.0 Å². The van der Waals surface area contributed by atoms with Crippen LogP contribution in [0.3, 0.4) is 0 Å². The van der Waals surface area contributed by atoms with Crippen molar-refractivity contribution in [2.45, 2.75) is 52.2 Å². The predicted molar refractivity (Wildman–Crippen MR) is 133 cm³/mol. The van der Waals surface area contributed by atoms with Crippen LogP contribution in [0.2, 0.25) is 10.0 Å². The first-order chi connectivity index (χ1) is 15.0. The summed E-state index contributed by atoms with van der Waals surface area (Å²) in [5, 5.41) is 10.4. The van der Waals surface area contributed by atoms with E-state index in [-0.39, 0.29) is 24.0 Å². The summed E-state index contributed by atoms with van der Waals surface area (Å²) < 4.78 is 17.1. The number of hydrogen-bond acceptors (Lipinski definition) is 4. The summed E-state index contributed by atoms with van der Waals surface area (Å²) in [5.41, 5.74) is 1.70. The van der Waals surface area contributed by atoms with Crippen molar-refractivity contribution in [3.05, 3.63) is 57.6 Å². The smallest absolute Gasteiger partial charge is 0.156 e. The molecule has 4 nitrogen and oxygen atoms in total. The second kappa shape index (κ2) is 12.3. The zero-order valence-corrected chi connectivity index (χ0v) is 21.6. The highest BCUT2D eigenvalue weighted by Gasteiger charge is 2.26. The van der Waals surface area contributed by atoms with Gasteiger partial charge in [0.25, 0.3) is 0 Å². The zero-order valence-electron chi connectivity index (χ0n) is 19.3. The molecule has 2 aromatic rings. The maximum absolute atomic E-state index is 9.61. The van der Waals surface area contributed by atoms with E-state index >= 15 is 0 Å². The van der Waals surface area contributed by atoms with Gasteiger partial charge in [-0.25, -0.2) is 0 Å². The molecule has 0 spiro atoms. The lowest BCUT2D eigenvalue weighted by Crippen LogP contribution is -2.21. The topological polar surface area (TPSA) is 47.9 Å². The Hall–Kier alpha value is -1.17. The molecule has 0 saturated heterocycles. The maximum Gasteiger partial charge on any atom is 0.156 e. The maximum atomic E-state index is 9.61. The van der Waals surface area contributed by atoms with Gasteiger partial charge in [-0.15, -0.1) is 11.6 Å². The number of aliphatic hydroxyl groups excluding tert-OH is 1. The molecule has 0 fully saturated rings. The van der Waals surface area contributed by atoms with Crippen LogP contribution in [0.5, 0.6) is 11.5 Å². The van der Waals surface area contributed by atoms with Crippen LogP contribution in [0.25, 0.3) is 0 Å². The van der Waals surface area contributed by atoms with Gasteiger partial charge in [0.05, 0.1) is 35.2 Å². The van der Waals surface area contributed by atoms with E-state index < -0.39 is 6.10 Å². The van der Waals surface area contributed by atoms with Gasteiger partial charge in [0.15, 0.2) is 5.75 Å². The van der Waals surface area contributed by atoms with Gasteiger partial charge in [-0.1, -0.05) is 56.1 Å². The molecule has 2 aromatic carbocycles. The number of rotatable bonds is 12. The van der Waals surface area contributed by atoms with Crippen molar-refractivity contribution in [3.63, 3.8) is 0 Å². The molecule has 7 heteroatoms. The largest absolute Gasteiger partial charge is 0.493 e. The van der Waals surface area contributed by atoms with E-state index in [0.717, 1.165) is 16.9 Å². The van der Waals surface area contributed by atoms with E-state index in [2.05, 4.69) is 20.8 Å². The van der Waals surface area contributed by atoms with Gasteiger partial charge in [-0.3, -0.25) is 0 Å². The Balaban J connectivity index is 2.09. The molecule has 2 atom stereocenters. The highest BCUT2D eigenvalue weighted by Crippen LogP contribution is 2.40. The average Bonchev–Trinajstić information content (AvgIpc) is 2.75. The second-order valence-corrected chi connectivity index (χ2v) is 9.96. The van der Waals surface area contributed by atoms with E-state index in [1.54, 1.807) is 0 Å². The first-order valence-corrected chi connectivity index (χ1v) is 12.0. The molecule has 0 amide bonds. The molecule has 178 valence electrons. The molecule has 0 heterocycles. The normalized spacial score (nSPS) is 13.8. The Morgan fingerprint density at radius 2 is 1.47 bits per heavy atom. The minimum absolute atomic E-state index is 0.0232. The molecule has 0 aliphatic rings. The quantitative estimate of drug-likeness (QED) is 0.326. The molecule has 0 aliphatic heterocycles. The first kappa shape index (κ1) is 27.1. The summed E-state index contributed by atoms with van der Waals surface area (Å²) in [6.07, 6.45) is -0.565. The van der Waals surface area contributed by atoms with Crippen molar-refractivity contribution in [3.8, 4) is 11.5 Å². The highest BCUT2D eigenvalue weighted by atomic mass is 35.5. The molecule has 32 heavy (non-hydrogen) atoms. The molecule has 1 N–H and O–H groups in total. The molecule has 0 aliphatic carbocycles. The summed E-state index contributed by atoms with van der Waals surface area (Å²) >= 11 is 18.5. The molecule has 0 bridgehead atoms. The van der Waals surface area contributed by atoms with Crippen LogP contribution in [-0.2, 0) is 10.2 Å². The number of ether oxygens (including phenoxy) is 3. The minimum Gasteiger partial charge on any atom is -0.493 e. The monoisotopic (exact) mass is 502 g/mol. The van der Waals surface area contributed by atoms with Crippen molar-refractivity contribution in [2.24, 2.45) is 5.92 Å². The van der Waals surface area contributed by atoms with Gasteiger partial charge in [-0.05, 0) is 49.2 Å². The number of halogens is 3. The van der Waals surface area contributed by atoms with Crippen LogP contribution < -0.4 is 9.47 Å². The van der Waals surface area contributed by atoms with E-state index in [1.165, 1.54) is 0 Å². The third-order valence-electron chi connectivity index (χ3n) is 5.14. The summed E-state index contributed by atoms with van der Waals surface area (Å²) in [6.45, 7) is 11.7. The third-order valence-corrected chi connectivity index (χ3v) is 6.06. The van der Waals surface area contributed by atoms with E-state index in [1.807, 2.05) is 50.2 Å². The summed E-state index contributed by atoms with van der Waals surface area (Å²) in [4.78, 5) is 0. The van der Waals surface area contributed by atoms with Crippen LogP contribution in [0.15, 0.2) is 36.4 Å². The van der Waals surface area contributed by atoms with Gasteiger partial charge in [0.1, 0.15) is 18.5 Å². The summed E-state index contributed by atoms with van der Waals surface area (Å²) in [6, 6.07) is 11.7. The van der Waals surface area contributed by atoms with E-state index in [0.29, 0.717) is 34.9 Å². The van der Waals surface area contributed by atoms with Crippen molar-refractivity contribution in [2.75, 3.05) is 25.7 Å². The molecular weight excluding hydrogens is 471 g/mol.